The summed E-state index contributed by atoms with van der Waals surface area (Å²) in [5.74, 6) is -3.96. The highest BCUT2D eigenvalue weighted by Gasteiger charge is 2.59. The lowest BCUT2D eigenvalue weighted by atomic mass is 10.1. The number of aliphatic hydroxyl groups is 2. The van der Waals surface area contributed by atoms with Gasteiger partial charge in [-0.2, -0.15) is 13.8 Å². The number of halogens is 2. The first-order chi connectivity index (χ1) is 9.86. The molecule has 2 aromatic heterocycles. The fourth-order valence-corrected chi connectivity index (χ4v) is 2.23. The van der Waals surface area contributed by atoms with Gasteiger partial charge in [0.05, 0.1) is 12.9 Å². The first-order valence-electron chi connectivity index (χ1n) is 5.90. The summed E-state index contributed by atoms with van der Waals surface area (Å²) in [6.07, 6.45) is -4.66. The molecule has 114 valence electrons. The molecule has 0 radical (unpaired) electrons. The summed E-state index contributed by atoms with van der Waals surface area (Å²) in [6.45, 7) is -0.782. The number of anilines is 1. The molecule has 1 aliphatic heterocycles. The average molecular weight is 303 g/mol. The van der Waals surface area contributed by atoms with Crippen molar-refractivity contribution in [1.29, 1.82) is 0 Å². The number of rotatable bonds is 2. The molecule has 3 heterocycles. The molecule has 0 bridgehead atoms. The van der Waals surface area contributed by atoms with Gasteiger partial charge in [-0.1, -0.05) is 0 Å². The van der Waals surface area contributed by atoms with Crippen LogP contribution in [0.1, 0.15) is 6.23 Å². The molecule has 1 unspecified atom stereocenters. The third-order valence-electron chi connectivity index (χ3n) is 3.26. The van der Waals surface area contributed by atoms with Crippen molar-refractivity contribution in [2.75, 3.05) is 12.3 Å². The van der Waals surface area contributed by atoms with E-state index in [2.05, 4.69) is 15.0 Å². The molecular formula is C10H11F2N5O4. The van der Waals surface area contributed by atoms with Crippen molar-refractivity contribution in [3.05, 3.63) is 16.7 Å². The summed E-state index contributed by atoms with van der Waals surface area (Å²) in [5, 5.41) is 18.4. The molecule has 2 aromatic rings. The van der Waals surface area contributed by atoms with Gasteiger partial charge in [0, 0.05) is 0 Å². The van der Waals surface area contributed by atoms with Crippen molar-refractivity contribution in [3.8, 4) is 0 Å². The molecular weight excluding hydrogens is 292 g/mol. The van der Waals surface area contributed by atoms with Crippen LogP contribution in [0.15, 0.2) is 11.1 Å². The largest absolute Gasteiger partial charge is 0.394 e. The van der Waals surface area contributed by atoms with E-state index in [-0.39, 0.29) is 17.1 Å². The maximum absolute atomic E-state index is 14.1. The Hall–Kier alpha value is -2.11. The summed E-state index contributed by atoms with van der Waals surface area (Å²) in [6, 6.07) is 0. The van der Waals surface area contributed by atoms with Crippen molar-refractivity contribution in [2.45, 2.75) is 24.4 Å². The maximum Gasteiger partial charge on any atom is 0.320 e. The molecule has 5 N–H and O–H groups in total. The topological polar surface area (TPSA) is 139 Å². The Kier molecular flexibility index (Phi) is 2.93. The first-order valence-corrected chi connectivity index (χ1v) is 5.90. The van der Waals surface area contributed by atoms with Crippen LogP contribution in [-0.2, 0) is 4.74 Å². The van der Waals surface area contributed by atoms with Crippen LogP contribution in [-0.4, -0.2) is 54.5 Å². The number of aromatic amines is 1. The smallest absolute Gasteiger partial charge is 0.320 e. The molecule has 0 aromatic carbocycles. The molecule has 3 rings (SSSR count). The lowest BCUT2D eigenvalue weighted by molar-refractivity contribution is -0.138. The van der Waals surface area contributed by atoms with Gasteiger partial charge in [-0.25, -0.2) is 4.98 Å². The van der Waals surface area contributed by atoms with Crippen LogP contribution in [0.3, 0.4) is 0 Å². The van der Waals surface area contributed by atoms with Crippen LogP contribution in [0.25, 0.3) is 11.2 Å². The van der Waals surface area contributed by atoms with Gasteiger partial charge >= 0.3 is 5.92 Å². The van der Waals surface area contributed by atoms with Gasteiger partial charge in [-0.05, 0) is 0 Å². The number of hydrogen-bond acceptors (Lipinski definition) is 7. The molecule has 3 atom stereocenters. The first kappa shape index (κ1) is 13.9. The molecule has 0 amide bonds. The maximum atomic E-state index is 14.1. The van der Waals surface area contributed by atoms with E-state index >= 15 is 0 Å². The Bertz CT molecular complexity index is 745. The van der Waals surface area contributed by atoms with Gasteiger partial charge in [-0.3, -0.25) is 14.3 Å². The normalized spacial score (nSPS) is 28.3. The minimum atomic E-state index is -3.69. The standard InChI is InChI=1S/C10H11F2N5O4/c11-10(12)5(19)3(1-18)21-8(10)17-2-14-4-6(17)15-9(13)16-7(4)20/h2-3,5,8,18-19H,1H2,(H3,13,15,16,20)/t3-,5-,8?/m1/s1. The minimum Gasteiger partial charge on any atom is -0.394 e. The highest BCUT2D eigenvalue weighted by atomic mass is 19.3. The van der Waals surface area contributed by atoms with E-state index in [4.69, 9.17) is 15.6 Å². The fourth-order valence-electron chi connectivity index (χ4n) is 2.23. The van der Waals surface area contributed by atoms with Gasteiger partial charge < -0.3 is 20.7 Å². The highest BCUT2D eigenvalue weighted by Crippen LogP contribution is 2.43. The van der Waals surface area contributed by atoms with E-state index < -0.39 is 36.5 Å². The number of nitrogens with two attached hydrogens (primary N) is 1. The Morgan fingerprint density at radius 2 is 2.29 bits per heavy atom. The van der Waals surface area contributed by atoms with Crippen LogP contribution in [0.5, 0.6) is 0 Å². The minimum absolute atomic E-state index is 0.189. The van der Waals surface area contributed by atoms with Crippen molar-refractivity contribution in [3.63, 3.8) is 0 Å². The second kappa shape index (κ2) is 4.44. The molecule has 0 saturated carbocycles. The highest BCUT2D eigenvalue weighted by molar-refractivity contribution is 5.70. The van der Waals surface area contributed by atoms with Crippen LogP contribution < -0.4 is 11.3 Å². The van der Waals surface area contributed by atoms with Gasteiger partial charge in [0.25, 0.3) is 5.56 Å². The second-order valence-electron chi connectivity index (χ2n) is 4.60. The van der Waals surface area contributed by atoms with Crippen molar-refractivity contribution in [1.82, 2.24) is 19.5 Å². The van der Waals surface area contributed by atoms with Crippen LogP contribution in [0.2, 0.25) is 0 Å². The van der Waals surface area contributed by atoms with E-state index in [0.717, 1.165) is 10.9 Å². The summed E-state index contributed by atoms with van der Waals surface area (Å²) >= 11 is 0. The van der Waals surface area contributed by atoms with E-state index in [1.54, 1.807) is 0 Å². The zero-order chi connectivity index (χ0) is 15.4. The summed E-state index contributed by atoms with van der Waals surface area (Å²) in [7, 11) is 0. The average Bonchev–Trinajstić information content (AvgIpc) is 2.91. The van der Waals surface area contributed by atoms with Crippen molar-refractivity contribution < 1.29 is 23.7 Å². The number of imidazole rings is 1. The second-order valence-corrected chi connectivity index (χ2v) is 4.60. The lowest BCUT2D eigenvalue weighted by Gasteiger charge is -2.20. The van der Waals surface area contributed by atoms with Gasteiger partial charge in [0.2, 0.25) is 12.2 Å². The number of H-pyrrole nitrogens is 1. The molecule has 21 heavy (non-hydrogen) atoms. The SMILES string of the molecule is Nc1nc2c(ncn2C2O[C@H](CO)[C@@H](O)C2(F)F)c(=O)[nH]1. The number of fused-ring (bicyclic) bond motifs is 1. The molecule has 9 nitrogen and oxygen atoms in total. The molecule has 11 heteroatoms. The molecule has 0 spiro atoms. The molecule has 1 fully saturated rings. The van der Waals surface area contributed by atoms with Crippen LogP contribution in [0.4, 0.5) is 14.7 Å². The number of nitrogens with zero attached hydrogens (tertiary/aromatic N) is 3. The summed E-state index contributed by atoms with van der Waals surface area (Å²) in [5.41, 5.74) is 4.30. The van der Waals surface area contributed by atoms with Crippen molar-refractivity contribution in [2.24, 2.45) is 0 Å². The number of aliphatic hydroxyl groups excluding tert-OH is 2. The fraction of sp³-hybridized carbons (Fsp3) is 0.500. The quantitative estimate of drug-likeness (QED) is 0.534. The Labute approximate surface area is 115 Å². The number of nitrogens with one attached hydrogen (secondary N) is 1. The van der Waals surface area contributed by atoms with Gasteiger partial charge in [0.1, 0.15) is 6.10 Å². The molecule has 0 aliphatic carbocycles. The van der Waals surface area contributed by atoms with Crippen LogP contribution in [0, 0.1) is 0 Å². The zero-order valence-electron chi connectivity index (χ0n) is 10.4. The lowest BCUT2D eigenvalue weighted by Crippen LogP contribution is -2.39. The van der Waals surface area contributed by atoms with E-state index in [9.17, 15) is 18.7 Å². The van der Waals surface area contributed by atoms with E-state index in [1.807, 2.05) is 0 Å². The predicted octanol–water partition coefficient (Wildman–Crippen LogP) is -1.41. The van der Waals surface area contributed by atoms with Gasteiger partial charge in [0.15, 0.2) is 17.3 Å². The Morgan fingerprint density at radius 3 is 2.90 bits per heavy atom. The van der Waals surface area contributed by atoms with Crippen LogP contribution >= 0.6 is 0 Å². The number of nitrogen functional groups attached to an aromatic ring is 1. The number of alkyl halides is 2. The van der Waals surface area contributed by atoms with E-state index in [1.165, 1.54) is 0 Å². The molecule has 1 aliphatic rings. The third-order valence-corrected chi connectivity index (χ3v) is 3.26. The van der Waals surface area contributed by atoms with Gasteiger partial charge in [-0.15, -0.1) is 0 Å². The number of hydrogen-bond donors (Lipinski definition) is 4. The number of ether oxygens (including phenoxy) is 1. The zero-order valence-corrected chi connectivity index (χ0v) is 10.4. The van der Waals surface area contributed by atoms with E-state index in [0.29, 0.717) is 0 Å². The number of aromatic nitrogens is 4. The third kappa shape index (κ3) is 1.89. The Morgan fingerprint density at radius 1 is 1.57 bits per heavy atom. The summed E-state index contributed by atoms with van der Waals surface area (Å²) < 4.78 is 33.9. The predicted molar refractivity (Wildman–Crippen MR) is 64.5 cm³/mol. The molecule has 1 saturated heterocycles. The van der Waals surface area contributed by atoms with Crippen molar-refractivity contribution >= 4 is 17.1 Å². The monoisotopic (exact) mass is 303 g/mol. The summed E-state index contributed by atoms with van der Waals surface area (Å²) in [4.78, 5) is 21.2. The Balaban J connectivity index is 2.15.